The molecule has 2 unspecified atom stereocenters. The number of carbonyl (C=O) groups excluding carboxylic acids is 2. The molecule has 1 N–H and O–H groups in total. The molecule has 2 aromatic rings. The number of aromatic nitrogens is 1. The fraction of sp³-hybridized carbons (Fsp3) is 0.458. The second kappa shape index (κ2) is 8.65. The molecule has 2 amide bonds. The molecule has 34 heavy (non-hydrogen) atoms. The zero-order valence-corrected chi connectivity index (χ0v) is 19.3. The predicted octanol–water partition coefficient (Wildman–Crippen LogP) is 3.21. The predicted molar refractivity (Wildman–Crippen MR) is 126 cm³/mol. The third kappa shape index (κ3) is 3.73. The molecule has 178 valence electrons. The van der Waals surface area contributed by atoms with Gasteiger partial charge in [-0.15, -0.1) is 0 Å². The Labute approximate surface area is 200 Å². The molecule has 4 saturated heterocycles. The number of nitrogens with one attached hydrogen (secondary N) is 1. The van der Waals surface area contributed by atoms with Gasteiger partial charge in [0.25, 0.3) is 5.91 Å². The van der Waals surface area contributed by atoms with E-state index >= 15 is 4.39 Å². The molecule has 4 atom stereocenters. The second-order valence-corrected chi connectivity index (χ2v) is 10.4. The Balaban J connectivity index is 1.21. The Hall–Kier alpha value is -3.01. The summed E-state index contributed by atoms with van der Waals surface area (Å²) in [7, 11) is 0. The van der Waals surface area contributed by atoms with Crippen molar-refractivity contribution in [2.45, 2.75) is 42.7 Å². The fourth-order valence-electron chi connectivity index (χ4n) is 5.28. The molecule has 5 aliphatic rings. The molecule has 5 aliphatic heterocycles. The van der Waals surface area contributed by atoms with Gasteiger partial charge in [-0.05, 0) is 25.0 Å². The quantitative estimate of drug-likeness (QED) is 0.714. The molecule has 0 spiro atoms. The summed E-state index contributed by atoms with van der Waals surface area (Å²) in [5.74, 6) is 0.853. The molecule has 8 nitrogen and oxygen atoms in total. The lowest BCUT2D eigenvalue weighted by Gasteiger charge is -2.39. The third-order valence-corrected chi connectivity index (χ3v) is 8.49. The van der Waals surface area contributed by atoms with E-state index in [-0.39, 0.29) is 24.9 Å². The second-order valence-electron chi connectivity index (χ2n) is 9.08. The van der Waals surface area contributed by atoms with Crippen molar-refractivity contribution in [3.8, 4) is 5.75 Å². The number of pyridine rings is 1. The first-order valence-electron chi connectivity index (χ1n) is 11.6. The maximum atomic E-state index is 15.4. The topological polar surface area (TPSA) is 84.0 Å². The van der Waals surface area contributed by atoms with Gasteiger partial charge in [-0.25, -0.2) is 9.18 Å². The van der Waals surface area contributed by atoms with Crippen molar-refractivity contribution in [2.24, 2.45) is 0 Å². The van der Waals surface area contributed by atoms with Gasteiger partial charge in [0.15, 0.2) is 0 Å². The van der Waals surface area contributed by atoms with Gasteiger partial charge < -0.3 is 19.7 Å². The van der Waals surface area contributed by atoms with Crippen LogP contribution in [-0.2, 0) is 4.74 Å². The molecule has 0 saturated carbocycles. The number of amides is 2. The highest BCUT2D eigenvalue weighted by atomic mass is 32.2. The van der Waals surface area contributed by atoms with Crippen LogP contribution in [0.3, 0.4) is 0 Å². The lowest BCUT2D eigenvalue weighted by molar-refractivity contribution is 0.0886. The first kappa shape index (κ1) is 21.5. The number of anilines is 2. The van der Waals surface area contributed by atoms with E-state index < -0.39 is 18.2 Å². The van der Waals surface area contributed by atoms with Crippen LogP contribution in [0.15, 0.2) is 36.7 Å². The fourth-order valence-corrected chi connectivity index (χ4v) is 6.72. The SMILES string of the molecule is O=C(NC[C@@H]1OC(=O)N2c3cc(F)c(N4CC5CCCC4CS5)cc3OC[C@@H]12)c1ccncc1. The first-order chi connectivity index (χ1) is 16.6. The van der Waals surface area contributed by atoms with Gasteiger partial charge in [0.05, 0.1) is 17.9 Å². The van der Waals surface area contributed by atoms with Crippen LogP contribution in [0.25, 0.3) is 0 Å². The Morgan fingerprint density at radius 2 is 2.09 bits per heavy atom. The number of hydrogen-bond donors (Lipinski definition) is 1. The summed E-state index contributed by atoms with van der Waals surface area (Å²) in [5.41, 5.74) is 1.39. The van der Waals surface area contributed by atoms with E-state index in [9.17, 15) is 9.59 Å². The number of thioether (sulfide) groups is 1. The van der Waals surface area contributed by atoms with Crippen LogP contribution in [0.2, 0.25) is 0 Å². The van der Waals surface area contributed by atoms with Gasteiger partial charge in [0, 0.05) is 53.7 Å². The highest BCUT2D eigenvalue weighted by Gasteiger charge is 2.47. The van der Waals surface area contributed by atoms with Gasteiger partial charge in [-0.3, -0.25) is 14.7 Å². The van der Waals surface area contributed by atoms with Crippen molar-refractivity contribution < 1.29 is 23.5 Å². The average molecular weight is 485 g/mol. The number of hydrogen-bond acceptors (Lipinski definition) is 7. The number of rotatable bonds is 4. The van der Waals surface area contributed by atoms with Gasteiger partial charge in [0.1, 0.15) is 30.3 Å². The Morgan fingerprint density at radius 1 is 1.24 bits per heavy atom. The first-order valence-corrected chi connectivity index (χ1v) is 12.7. The highest BCUT2D eigenvalue weighted by Crippen LogP contribution is 2.44. The summed E-state index contributed by atoms with van der Waals surface area (Å²) >= 11 is 1.99. The van der Waals surface area contributed by atoms with Gasteiger partial charge in [-0.1, -0.05) is 6.42 Å². The monoisotopic (exact) mass is 484 g/mol. The van der Waals surface area contributed by atoms with Crippen LogP contribution in [-0.4, -0.2) is 65.9 Å². The minimum Gasteiger partial charge on any atom is -0.489 e. The van der Waals surface area contributed by atoms with Crippen molar-refractivity contribution in [3.05, 3.63) is 48.0 Å². The van der Waals surface area contributed by atoms with Crippen LogP contribution >= 0.6 is 11.8 Å². The molecule has 4 fully saturated rings. The van der Waals surface area contributed by atoms with Crippen LogP contribution in [0.5, 0.6) is 5.75 Å². The molecule has 6 heterocycles. The van der Waals surface area contributed by atoms with E-state index in [1.807, 2.05) is 11.8 Å². The van der Waals surface area contributed by atoms with E-state index in [1.54, 1.807) is 18.2 Å². The molecule has 2 bridgehead atoms. The molecular weight excluding hydrogens is 459 g/mol. The number of halogens is 1. The van der Waals surface area contributed by atoms with Crippen molar-refractivity contribution in [2.75, 3.05) is 35.2 Å². The normalized spacial score (nSPS) is 27.4. The standard InChI is InChI=1S/C24H25FN4O4S/c25-17-8-19-21(9-18(17)28-11-16-3-1-2-15(28)13-34-16)32-12-20-22(33-24(31)29(19)20)10-27-23(30)14-4-6-26-7-5-14/h4-9,15-16,20,22H,1-3,10-13H2,(H,27,30)/t15?,16?,20-,22-/m0/s1. The summed E-state index contributed by atoms with van der Waals surface area (Å²) in [6, 6.07) is 6.21. The number of fused-ring (bicyclic) bond motifs is 7. The van der Waals surface area contributed by atoms with Crippen LogP contribution < -0.4 is 19.9 Å². The molecule has 7 rings (SSSR count). The minimum absolute atomic E-state index is 0.127. The summed E-state index contributed by atoms with van der Waals surface area (Å²) in [6.07, 6.45) is 5.31. The van der Waals surface area contributed by atoms with Crippen molar-refractivity contribution in [1.29, 1.82) is 0 Å². The Bertz CT molecular complexity index is 1120. The summed E-state index contributed by atoms with van der Waals surface area (Å²) in [4.78, 5) is 32.6. The van der Waals surface area contributed by atoms with Crippen LogP contribution in [0, 0.1) is 5.82 Å². The van der Waals surface area contributed by atoms with E-state index in [2.05, 4.69) is 15.2 Å². The summed E-state index contributed by atoms with van der Waals surface area (Å²) in [6.45, 7) is 1.17. The number of benzene rings is 1. The third-order valence-electron chi connectivity index (χ3n) is 7.05. The number of nitrogens with zero attached hydrogens (tertiary/aromatic N) is 3. The maximum absolute atomic E-state index is 15.4. The Kier molecular flexibility index (Phi) is 5.47. The van der Waals surface area contributed by atoms with Crippen molar-refractivity contribution in [3.63, 3.8) is 0 Å². The van der Waals surface area contributed by atoms with Crippen molar-refractivity contribution >= 4 is 35.1 Å². The Morgan fingerprint density at radius 3 is 2.94 bits per heavy atom. The zero-order valence-electron chi connectivity index (χ0n) is 18.5. The lowest BCUT2D eigenvalue weighted by Crippen LogP contribution is -2.48. The molecular formula is C24H25FN4O4S. The van der Waals surface area contributed by atoms with Gasteiger partial charge in [0.2, 0.25) is 0 Å². The zero-order chi connectivity index (χ0) is 23.2. The van der Waals surface area contributed by atoms with Crippen LogP contribution in [0.4, 0.5) is 20.6 Å². The van der Waals surface area contributed by atoms with Gasteiger partial charge >= 0.3 is 6.09 Å². The lowest BCUT2D eigenvalue weighted by atomic mass is 10.1. The van der Waals surface area contributed by atoms with Crippen molar-refractivity contribution in [1.82, 2.24) is 10.3 Å². The average Bonchev–Trinajstić information content (AvgIpc) is 3.01. The number of carbonyl (C=O) groups is 2. The summed E-state index contributed by atoms with van der Waals surface area (Å²) < 4.78 is 26.9. The summed E-state index contributed by atoms with van der Waals surface area (Å²) in [5, 5.41) is 3.32. The molecule has 1 aromatic carbocycles. The highest BCUT2D eigenvalue weighted by molar-refractivity contribution is 8.00. The minimum atomic E-state index is -0.604. The number of ether oxygens (including phenoxy) is 2. The van der Waals surface area contributed by atoms with E-state index in [4.69, 9.17) is 9.47 Å². The van der Waals surface area contributed by atoms with E-state index in [0.717, 1.165) is 18.7 Å². The van der Waals surface area contributed by atoms with Crippen LogP contribution in [0.1, 0.15) is 29.6 Å². The van der Waals surface area contributed by atoms with E-state index in [0.29, 0.717) is 34.0 Å². The maximum Gasteiger partial charge on any atom is 0.415 e. The molecule has 10 heteroatoms. The smallest absolute Gasteiger partial charge is 0.415 e. The van der Waals surface area contributed by atoms with Gasteiger partial charge in [-0.2, -0.15) is 11.8 Å². The largest absolute Gasteiger partial charge is 0.489 e. The molecule has 1 aromatic heterocycles. The molecule has 0 aliphatic carbocycles. The molecule has 0 radical (unpaired) electrons. The number of cyclic esters (lactones) is 1. The van der Waals surface area contributed by atoms with E-state index in [1.165, 1.54) is 36.2 Å².